The molecule has 2 aromatic rings. The summed E-state index contributed by atoms with van der Waals surface area (Å²) < 4.78 is 16.9. The summed E-state index contributed by atoms with van der Waals surface area (Å²) in [5.74, 6) is -3.02. The van der Waals surface area contributed by atoms with E-state index in [-0.39, 0.29) is 29.2 Å². The lowest BCUT2D eigenvalue weighted by Crippen LogP contribution is -2.48. The number of methoxy groups -OCH3 is 2. The van der Waals surface area contributed by atoms with E-state index in [9.17, 15) is 14.4 Å². The summed E-state index contributed by atoms with van der Waals surface area (Å²) in [6.45, 7) is 7.23. The van der Waals surface area contributed by atoms with Crippen LogP contribution >= 0.6 is 11.6 Å². The minimum Gasteiger partial charge on any atom is -0.468 e. The number of fused-ring (bicyclic) bond motifs is 1. The summed E-state index contributed by atoms with van der Waals surface area (Å²) in [5, 5.41) is 0.0940. The third-order valence-corrected chi connectivity index (χ3v) is 5.88. The lowest BCUT2D eigenvalue weighted by atomic mass is 9.82. The number of aromatic nitrogens is 4. The Morgan fingerprint density at radius 3 is 2.39 bits per heavy atom. The molecule has 1 aliphatic carbocycles. The van der Waals surface area contributed by atoms with Gasteiger partial charge in [-0.05, 0) is 20.3 Å². The van der Waals surface area contributed by atoms with Crippen LogP contribution in [0.4, 0.5) is 0 Å². The standard InChI is InChI=1S/C20H23ClN4O6/c1-6-12-7-19(16(26)29-4,17(27)30-5)8-20(12,18(28)31-11(2)3)25-10-24-13-14(21)22-9-23-15(13)25/h6,9-12H,1,7-8H2,2-5H3/t12-,20+/m0/s1. The predicted octanol–water partition coefficient (Wildman–Crippen LogP) is 2.05. The fourth-order valence-electron chi connectivity index (χ4n) is 4.27. The van der Waals surface area contributed by atoms with Crippen molar-refractivity contribution >= 4 is 40.7 Å². The molecule has 1 saturated carbocycles. The Bertz CT molecular complexity index is 1040. The van der Waals surface area contributed by atoms with Crippen LogP contribution in [-0.2, 0) is 34.1 Å². The van der Waals surface area contributed by atoms with Gasteiger partial charge >= 0.3 is 17.9 Å². The summed E-state index contributed by atoms with van der Waals surface area (Å²) in [4.78, 5) is 51.6. The predicted molar refractivity (Wildman–Crippen MR) is 109 cm³/mol. The van der Waals surface area contributed by atoms with Crippen LogP contribution in [0.3, 0.4) is 0 Å². The Labute approximate surface area is 183 Å². The second-order valence-electron chi connectivity index (χ2n) is 7.62. The minimum absolute atomic E-state index is 0.0818. The highest BCUT2D eigenvalue weighted by molar-refractivity contribution is 6.33. The summed E-state index contributed by atoms with van der Waals surface area (Å²) in [5.41, 5.74) is -2.83. The highest BCUT2D eigenvalue weighted by Gasteiger charge is 2.67. The summed E-state index contributed by atoms with van der Waals surface area (Å²) in [6, 6.07) is 0. The molecule has 0 spiro atoms. The van der Waals surface area contributed by atoms with Crippen LogP contribution in [0.2, 0.25) is 5.15 Å². The Kier molecular flexibility index (Phi) is 6.04. The van der Waals surface area contributed by atoms with E-state index < -0.39 is 40.9 Å². The molecule has 3 rings (SSSR count). The third kappa shape index (κ3) is 3.34. The lowest BCUT2D eigenvalue weighted by molar-refractivity contribution is -0.170. The van der Waals surface area contributed by atoms with Crippen molar-refractivity contribution in [1.29, 1.82) is 0 Å². The first-order valence-electron chi connectivity index (χ1n) is 9.52. The first-order chi connectivity index (χ1) is 14.7. The number of carbonyl (C=O) groups excluding carboxylic acids is 3. The van der Waals surface area contributed by atoms with Crippen molar-refractivity contribution in [2.24, 2.45) is 11.3 Å². The summed E-state index contributed by atoms with van der Waals surface area (Å²) in [6.07, 6.45) is 3.26. The van der Waals surface area contributed by atoms with E-state index in [0.717, 1.165) is 0 Å². The first-order valence-corrected chi connectivity index (χ1v) is 9.90. The smallest absolute Gasteiger partial charge is 0.333 e. The summed E-state index contributed by atoms with van der Waals surface area (Å²) in [7, 11) is 2.34. The van der Waals surface area contributed by atoms with Crippen LogP contribution in [0.15, 0.2) is 25.3 Å². The minimum atomic E-state index is -1.76. The number of hydrogen-bond acceptors (Lipinski definition) is 9. The van der Waals surface area contributed by atoms with Crippen molar-refractivity contribution in [3.63, 3.8) is 0 Å². The molecule has 0 aliphatic heterocycles. The molecule has 0 unspecified atom stereocenters. The van der Waals surface area contributed by atoms with Crippen LogP contribution in [0.25, 0.3) is 11.2 Å². The molecule has 0 saturated heterocycles. The number of rotatable bonds is 6. The zero-order chi connectivity index (χ0) is 23.0. The lowest BCUT2D eigenvalue weighted by Gasteiger charge is -2.34. The van der Waals surface area contributed by atoms with Gasteiger partial charge in [0.1, 0.15) is 11.8 Å². The number of halogens is 1. The highest BCUT2D eigenvalue weighted by atomic mass is 35.5. The average Bonchev–Trinajstić information content (AvgIpc) is 3.33. The van der Waals surface area contributed by atoms with E-state index in [0.29, 0.717) is 0 Å². The van der Waals surface area contributed by atoms with E-state index in [2.05, 4.69) is 21.5 Å². The van der Waals surface area contributed by atoms with Crippen LogP contribution in [0.1, 0.15) is 26.7 Å². The fraction of sp³-hybridized carbons (Fsp3) is 0.500. The monoisotopic (exact) mass is 450 g/mol. The van der Waals surface area contributed by atoms with Gasteiger partial charge in [-0.2, -0.15) is 0 Å². The Balaban J connectivity index is 2.33. The van der Waals surface area contributed by atoms with Gasteiger partial charge in [0.2, 0.25) is 0 Å². The zero-order valence-corrected chi connectivity index (χ0v) is 18.4. The maximum atomic E-state index is 13.6. The third-order valence-electron chi connectivity index (χ3n) is 5.60. The van der Waals surface area contributed by atoms with Gasteiger partial charge < -0.3 is 14.2 Å². The number of hydrogen-bond donors (Lipinski definition) is 0. The van der Waals surface area contributed by atoms with E-state index in [4.69, 9.17) is 25.8 Å². The first kappa shape index (κ1) is 22.7. The van der Waals surface area contributed by atoms with Crippen molar-refractivity contribution in [3.05, 3.63) is 30.5 Å². The number of esters is 3. The number of ether oxygens (including phenoxy) is 3. The quantitative estimate of drug-likeness (QED) is 0.214. The maximum absolute atomic E-state index is 13.6. The largest absolute Gasteiger partial charge is 0.468 e. The Morgan fingerprint density at radius 1 is 1.19 bits per heavy atom. The molecule has 2 heterocycles. The van der Waals surface area contributed by atoms with Gasteiger partial charge in [-0.15, -0.1) is 6.58 Å². The van der Waals surface area contributed by atoms with Crippen molar-refractivity contribution in [3.8, 4) is 0 Å². The molecule has 2 aromatic heterocycles. The maximum Gasteiger partial charge on any atom is 0.333 e. The van der Waals surface area contributed by atoms with Gasteiger partial charge in [0.15, 0.2) is 21.8 Å². The normalized spacial score (nSPS) is 22.3. The van der Waals surface area contributed by atoms with Gasteiger partial charge in [0.05, 0.1) is 26.7 Å². The number of nitrogens with zero attached hydrogens (tertiary/aromatic N) is 4. The Morgan fingerprint density at radius 2 is 1.84 bits per heavy atom. The van der Waals surface area contributed by atoms with Gasteiger partial charge in [-0.1, -0.05) is 17.7 Å². The van der Waals surface area contributed by atoms with Crippen molar-refractivity contribution in [2.75, 3.05) is 14.2 Å². The molecule has 0 radical (unpaired) electrons. The molecular weight excluding hydrogens is 428 g/mol. The Hall–Kier alpha value is -3.01. The molecule has 0 aromatic carbocycles. The molecule has 166 valence electrons. The van der Waals surface area contributed by atoms with E-state index in [1.165, 1.54) is 37.5 Å². The molecule has 31 heavy (non-hydrogen) atoms. The SMILES string of the molecule is C=C[C@H]1CC(C(=O)OC)(C(=O)OC)C[C@@]1(C(=O)OC(C)C)n1cnc2c(Cl)ncnc21. The second-order valence-corrected chi connectivity index (χ2v) is 7.98. The zero-order valence-electron chi connectivity index (χ0n) is 17.6. The molecular formula is C20H23ClN4O6. The van der Waals surface area contributed by atoms with Crippen LogP contribution < -0.4 is 0 Å². The molecule has 0 bridgehead atoms. The van der Waals surface area contributed by atoms with Crippen LogP contribution in [0, 0.1) is 11.3 Å². The van der Waals surface area contributed by atoms with Crippen molar-refractivity contribution in [1.82, 2.24) is 19.5 Å². The van der Waals surface area contributed by atoms with Gasteiger partial charge in [0, 0.05) is 12.3 Å². The molecule has 2 atom stereocenters. The number of carbonyl (C=O) groups is 3. The van der Waals surface area contributed by atoms with Crippen LogP contribution in [-0.4, -0.2) is 57.8 Å². The van der Waals surface area contributed by atoms with E-state index in [1.807, 2.05) is 0 Å². The fourth-order valence-corrected chi connectivity index (χ4v) is 4.45. The highest BCUT2D eigenvalue weighted by Crippen LogP contribution is 2.55. The molecule has 11 heteroatoms. The van der Waals surface area contributed by atoms with E-state index >= 15 is 0 Å². The molecule has 1 fully saturated rings. The second kappa shape index (κ2) is 8.26. The summed E-state index contributed by atoms with van der Waals surface area (Å²) >= 11 is 6.15. The van der Waals surface area contributed by atoms with Crippen LogP contribution in [0.5, 0.6) is 0 Å². The number of imidazole rings is 1. The molecule has 0 N–H and O–H groups in total. The average molecular weight is 451 g/mol. The molecule has 10 nitrogen and oxygen atoms in total. The van der Waals surface area contributed by atoms with Crippen molar-refractivity contribution < 1.29 is 28.6 Å². The molecule has 1 aliphatic rings. The van der Waals surface area contributed by atoms with Gasteiger partial charge in [-0.25, -0.2) is 19.7 Å². The van der Waals surface area contributed by atoms with Gasteiger partial charge in [0.25, 0.3) is 0 Å². The van der Waals surface area contributed by atoms with E-state index in [1.54, 1.807) is 13.8 Å². The topological polar surface area (TPSA) is 123 Å². The number of allylic oxidation sites excluding steroid dienone is 1. The van der Waals surface area contributed by atoms with Crippen molar-refractivity contribution in [2.45, 2.75) is 38.3 Å². The van der Waals surface area contributed by atoms with Gasteiger partial charge in [-0.3, -0.25) is 14.2 Å². The molecule has 0 amide bonds.